The van der Waals surface area contributed by atoms with Crippen molar-refractivity contribution in [1.29, 1.82) is 0 Å². The van der Waals surface area contributed by atoms with Crippen molar-refractivity contribution in [2.75, 3.05) is 6.54 Å². The van der Waals surface area contributed by atoms with Crippen LogP contribution in [0.2, 0.25) is 4.34 Å². The average Bonchev–Trinajstić information content (AvgIpc) is 2.96. The van der Waals surface area contributed by atoms with Crippen LogP contribution in [-0.4, -0.2) is 19.3 Å². The first kappa shape index (κ1) is 12.6. The van der Waals surface area contributed by atoms with Crippen LogP contribution < -0.4 is 0 Å². The average molecular weight is 320 g/mol. The normalized spacial score (nSPS) is 16.7. The minimum atomic E-state index is -3.39. The van der Waals surface area contributed by atoms with Gasteiger partial charge in [0.15, 0.2) is 0 Å². The minimum absolute atomic E-state index is 0.325. The van der Waals surface area contributed by atoms with Crippen molar-refractivity contribution in [3.8, 4) is 0 Å². The Morgan fingerprint density at radius 3 is 2.83 bits per heavy atom. The van der Waals surface area contributed by atoms with E-state index in [0.717, 1.165) is 23.3 Å². The molecule has 18 heavy (non-hydrogen) atoms. The molecule has 2 aromatic heterocycles. The molecule has 1 aliphatic heterocycles. The molecule has 0 saturated carbocycles. The van der Waals surface area contributed by atoms with Gasteiger partial charge in [-0.25, -0.2) is 8.42 Å². The molecule has 0 spiro atoms. The molecule has 0 amide bonds. The molecule has 0 saturated heterocycles. The highest BCUT2D eigenvalue weighted by Crippen LogP contribution is 2.32. The second-order valence-electron chi connectivity index (χ2n) is 4.02. The molecule has 2 aromatic rings. The lowest BCUT2D eigenvalue weighted by Crippen LogP contribution is -2.34. The maximum absolute atomic E-state index is 12.4. The number of hydrogen-bond acceptors (Lipinski definition) is 4. The van der Waals surface area contributed by atoms with Crippen LogP contribution in [-0.2, 0) is 23.0 Å². The molecule has 0 unspecified atom stereocenters. The number of sulfonamides is 1. The van der Waals surface area contributed by atoms with Crippen molar-refractivity contribution in [1.82, 2.24) is 4.31 Å². The predicted molar refractivity (Wildman–Crippen MR) is 74.9 cm³/mol. The molecule has 3 heterocycles. The van der Waals surface area contributed by atoms with E-state index in [-0.39, 0.29) is 0 Å². The van der Waals surface area contributed by atoms with Crippen LogP contribution in [0.3, 0.4) is 0 Å². The summed E-state index contributed by atoms with van der Waals surface area (Å²) >= 11 is 8.61. The van der Waals surface area contributed by atoms with Crippen LogP contribution in [0.4, 0.5) is 0 Å². The highest BCUT2D eigenvalue weighted by molar-refractivity contribution is 7.91. The van der Waals surface area contributed by atoms with E-state index in [2.05, 4.69) is 0 Å². The van der Waals surface area contributed by atoms with Gasteiger partial charge in [-0.2, -0.15) is 4.31 Å². The summed E-state index contributed by atoms with van der Waals surface area (Å²) < 4.78 is 27.2. The first-order valence-electron chi connectivity index (χ1n) is 5.38. The Kier molecular flexibility index (Phi) is 3.23. The van der Waals surface area contributed by atoms with Crippen LogP contribution in [0.5, 0.6) is 0 Å². The fourth-order valence-electron chi connectivity index (χ4n) is 1.99. The number of nitrogens with zero attached hydrogens (tertiary/aromatic N) is 1. The SMILES string of the molecule is O=S(=O)(c1ccc(Cl)s1)N1CCc2sccc2C1. The van der Waals surface area contributed by atoms with Crippen molar-refractivity contribution in [3.63, 3.8) is 0 Å². The molecule has 96 valence electrons. The fourth-order valence-corrected chi connectivity index (χ4v) is 5.94. The molecule has 3 nitrogen and oxygen atoms in total. The van der Waals surface area contributed by atoms with Gasteiger partial charge in [0.05, 0.1) is 4.34 Å². The lowest BCUT2D eigenvalue weighted by Gasteiger charge is -2.25. The highest BCUT2D eigenvalue weighted by atomic mass is 35.5. The van der Waals surface area contributed by atoms with Crippen LogP contribution >= 0.6 is 34.3 Å². The summed E-state index contributed by atoms with van der Waals surface area (Å²) in [6.07, 6.45) is 0.797. The van der Waals surface area contributed by atoms with Gasteiger partial charge in [-0.05, 0) is 35.6 Å². The van der Waals surface area contributed by atoms with Gasteiger partial charge in [0.2, 0.25) is 0 Å². The zero-order valence-corrected chi connectivity index (χ0v) is 12.5. The van der Waals surface area contributed by atoms with E-state index < -0.39 is 10.0 Å². The number of halogens is 1. The van der Waals surface area contributed by atoms with E-state index in [1.54, 1.807) is 23.5 Å². The van der Waals surface area contributed by atoms with E-state index in [1.807, 2.05) is 11.4 Å². The molecule has 7 heteroatoms. The maximum Gasteiger partial charge on any atom is 0.252 e. The first-order chi connectivity index (χ1) is 8.57. The summed E-state index contributed by atoms with van der Waals surface area (Å²) in [7, 11) is -3.39. The molecule has 0 N–H and O–H groups in total. The van der Waals surface area contributed by atoms with Crippen LogP contribution in [0.15, 0.2) is 27.8 Å². The summed E-state index contributed by atoms with van der Waals surface area (Å²) in [5, 5.41) is 2.02. The topological polar surface area (TPSA) is 37.4 Å². The Morgan fingerprint density at radius 1 is 1.28 bits per heavy atom. The van der Waals surface area contributed by atoms with Gasteiger partial charge in [-0.15, -0.1) is 22.7 Å². The summed E-state index contributed by atoms with van der Waals surface area (Å²) in [6.45, 7) is 1.02. The quantitative estimate of drug-likeness (QED) is 0.852. The third-order valence-electron chi connectivity index (χ3n) is 2.92. The largest absolute Gasteiger partial charge is 0.252 e. The van der Waals surface area contributed by atoms with Gasteiger partial charge in [0.25, 0.3) is 10.0 Å². The van der Waals surface area contributed by atoms with E-state index >= 15 is 0 Å². The van der Waals surface area contributed by atoms with E-state index in [4.69, 9.17) is 11.6 Å². The number of rotatable bonds is 2. The van der Waals surface area contributed by atoms with Gasteiger partial charge in [0.1, 0.15) is 4.21 Å². The van der Waals surface area contributed by atoms with Gasteiger partial charge in [-0.3, -0.25) is 0 Å². The third-order valence-corrected chi connectivity index (χ3v) is 7.48. The number of hydrogen-bond donors (Lipinski definition) is 0. The molecule has 0 aliphatic carbocycles. The Bertz CT molecular complexity index is 674. The maximum atomic E-state index is 12.4. The van der Waals surface area contributed by atoms with Crippen molar-refractivity contribution in [2.45, 2.75) is 17.2 Å². The van der Waals surface area contributed by atoms with Gasteiger partial charge >= 0.3 is 0 Å². The van der Waals surface area contributed by atoms with Gasteiger partial charge in [0, 0.05) is 18.0 Å². The van der Waals surface area contributed by atoms with Crippen molar-refractivity contribution in [3.05, 3.63) is 38.4 Å². The molecule has 0 fully saturated rings. The van der Waals surface area contributed by atoms with Crippen molar-refractivity contribution < 1.29 is 8.42 Å². The van der Waals surface area contributed by atoms with Gasteiger partial charge < -0.3 is 0 Å². The molecule has 3 rings (SSSR count). The Hall–Kier alpha value is -0.400. The number of fused-ring (bicyclic) bond motifs is 1. The van der Waals surface area contributed by atoms with Crippen LogP contribution in [0, 0.1) is 0 Å². The molecule has 0 radical (unpaired) electrons. The summed E-state index contributed by atoms with van der Waals surface area (Å²) in [6, 6.07) is 5.20. The monoisotopic (exact) mass is 319 g/mol. The molecule has 0 bridgehead atoms. The van der Waals surface area contributed by atoms with E-state index in [9.17, 15) is 8.42 Å². The third kappa shape index (κ3) is 2.12. The van der Waals surface area contributed by atoms with Crippen molar-refractivity contribution in [2.24, 2.45) is 0 Å². The second kappa shape index (κ2) is 4.61. The standard InChI is InChI=1S/C11H10ClNO2S3/c12-10-1-2-11(17-10)18(14,15)13-5-3-9-8(7-13)4-6-16-9/h1-2,4,6H,3,5,7H2. The van der Waals surface area contributed by atoms with Gasteiger partial charge in [-0.1, -0.05) is 11.6 Å². The smallest absolute Gasteiger partial charge is 0.206 e. The Labute approximate surface area is 119 Å². The van der Waals surface area contributed by atoms with E-state index in [1.165, 1.54) is 9.18 Å². The zero-order chi connectivity index (χ0) is 12.8. The molecular formula is C11H10ClNO2S3. The van der Waals surface area contributed by atoms with E-state index in [0.29, 0.717) is 21.6 Å². The Balaban J connectivity index is 1.92. The molecule has 0 atom stereocenters. The second-order valence-corrected chi connectivity index (χ2v) is 8.90. The van der Waals surface area contributed by atoms with Crippen LogP contribution in [0.1, 0.15) is 10.4 Å². The lowest BCUT2D eigenvalue weighted by molar-refractivity contribution is 0.395. The molecule has 1 aliphatic rings. The van der Waals surface area contributed by atoms with Crippen LogP contribution in [0.25, 0.3) is 0 Å². The molecular weight excluding hydrogens is 310 g/mol. The van der Waals surface area contributed by atoms with Crippen molar-refractivity contribution >= 4 is 44.3 Å². The fraction of sp³-hybridized carbons (Fsp3) is 0.273. The minimum Gasteiger partial charge on any atom is -0.206 e. The number of thiophene rings is 2. The lowest BCUT2D eigenvalue weighted by atomic mass is 10.1. The predicted octanol–water partition coefficient (Wildman–Crippen LogP) is 3.21. The summed E-state index contributed by atoms with van der Waals surface area (Å²) in [4.78, 5) is 1.30. The first-order valence-corrected chi connectivity index (χ1v) is 8.89. The summed E-state index contributed by atoms with van der Waals surface area (Å²) in [5.41, 5.74) is 1.12. The highest BCUT2D eigenvalue weighted by Gasteiger charge is 2.29. The molecule has 0 aromatic carbocycles. The summed E-state index contributed by atoms with van der Waals surface area (Å²) in [5.74, 6) is 0. The Morgan fingerprint density at radius 2 is 2.11 bits per heavy atom. The zero-order valence-electron chi connectivity index (χ0n) is 9.30.